The van der Waals surface area contributed by atoms with E-state index < -0.39 is 8.56 Å². The van der Waals surface area contributed by atoms with E-state index in [0.717, 1.165) is 51.5 Å². The largest absolute Gasteiger partial charge is 0.396 e. The van der Waals surface area contributed by atoms with Crippen molar-refractivity contribution in [3.05, 3.63) is 12.7 Å². The third-order valence-corrected chi connectivity index (χ3v) is 9.81. The lowest BCUT2D eigenvalue weighted by molar-refractivity contribution is -0.0170. The standard InChI is InChI=1S/C17H33NO4Si/c1-5-11-18(14-16-15-22-16)12-8-10-17(19-2)9-6-7-13-23(17,20-3)21-4/h5,16H,1,6-15H2,2-4H3. The molecule has 0 aromatic rings. The lowest BCUT2D eigenvalue weighted by atomic mass is 10.1. The Morgan fingerprint density at radius 2 is 2.04 bits per heavy atom. The molecule has 2 saturated heterocycles. The van der Waals surface area contributed by atoms with Crippen molar-refractivity contribution in [1.29, 1.82) is 0 Å². The number of epoxide rings is 1. The molecule has 5 nitrogen and oxygen atoms in total. The van der Waals surface area contributed by atoms with E-state index in [9.17, 15) is 0 Å². The monoisotopic (exact) mass is 343 g/mol. The van der Waals surface area contributed by atoms with Crippen LogP contribution in [0.4, 0.5) is 0 Å². The average molecular weight is 344 g/mol. The Hall–Kier alpha value is -0.243. The van der Waals surface area contributed by atoms with Crippen LogP contribution in [0, 0.1) is 0 Å². The zero-order valence-electron chi connectivity index (χ0n) is 15.0. The van der Waals surface area contributed by atoms with Gasteiger partial charge in [0.2, 0.25) is 0 Å². The Morgan fingerprint density at radius 3 is 2.61 bits per heavy atom. The van der Waals surface area contributed by atoms with Gasteiger partial charge >= 0.3 is 8.56 Å². The second kappa shape index (κ2) is 8.74. The molecule has 0 N–H and O–H groups in total. The fraction of sp³-hybridized carbons (Fsp3) is 0.882. The first-order chi connectivity index (χ1) is 11.1. The number of rotatable bonds is 11. The van der Waals surface area contributed by atoms with Gasteiger partial charge in [-0.15, -0.1) is 6.58 Å². The number of hydrogen-bond donors (Lipinski definition) is 0. The maximum absolute atomic E-state index is 6.06. The maximum atomic E-state index is 6.06. The van der Waals surface area contributed by atoms with Crippen LogP contribution in [0.5, 0.6) is 0 Å². The molecule has 0 amide bonds. The van der Waals surface area contributed by atoms with Crippen LogP contribution in [0.3, 0.4) is 0 Å². The predicted molar refractivity (Wildman–Crippen MR) is 93.8 cm³/mol. The SMILES string of the molecule is C=CCN(CCCC1(OC)CCCC[Si]1(OC)OC)CC1CO1. The Bertz CT molecular complexity index is 374. The predicted octanol–water partition coefficient (Wildman–Crippen LogP) is 2.50. The topological polar surface area (TPSA) is 43.5 Å². The summed E-state index contributed by atoms with van der Waals surface area (Å²) in [7, 11) is 3.11. The molecule has 2 fully saturated rings. The molecule has 0 aromatic carbocycles. The molecule has 6 heteroatoms. The highest BCUT2D eigenvalue weighted by Gasteiger charge is 2.58. The van der Waals surface area contributed by atoms with E-state index in [1.165, 1.54) is 12.8 Å². The van der Waals surface area contributed by atoms with Crippen molar-refractivity contribution < 1.29 is 18.3 Å². The minimum absolute atomic E-state index is 0.218. The molecule has 0 radical (unpaired) electrons. The van der Waals surface area contributed by atoms with Gasteiger partial charge in [0.15, 0.2) is 0 Å². The second-order valence-corrected chi connectivity index (χ2v) is 10.4. The summed E-state index contributed by atoms with van der Waals surface area (Å²) in [6.45, 7) is 7.72. The van der Waals surface area contributed by atoms with Crippen molar-refractivity contribution in [3.63, 3.8) is 0 Å². The van der Waals surface area contributed by atoms with Crippen LogP contribution >= 0.6 is 0 Å². The highest BCUT2D eigenvalue weighted by atomic mass is 28.4. The summed E-state index contributed by atoms with van der Waals surface area (Å²) < 4.78 is 23.3. The van der Waals surface area contributed by atoms with Crippen molar-refractivity contribution in [3.8, 4) is 0 Å². The molecule has 0 spiro atoms. The summed E-state index contributed by atoms with van der Waals surface area (Å²) in [5, 5.41) is -0.218. The van der Waals surface area contributed by atoms with Crippen LogP contribution in [0.2, 0.25) is 6.04 Å². The molecule has 2 rings (SSSR count). The first kappa shape index (κ1) is 19.1. The second-order valence-electron chi connectivity index (χ2n) is 6.67. The Balaban J connectivity index is 1.94. The molecule has 2 aliphatic rings. The number of hydrogen-bond acceptors (Lipinski definition) is 5. The molecule has 2 unspecified atom stereocenters. The summed E-state index contributed by atoms with van der Waals surface area (Å²) >= 11 is 0. The lowest BCUT2D eigenvalue weighted by Gasteiger charge is -2.48. The van der Waals surface area contributed by atoms with E-state index in [1.807, 2.05) is 13.2 Å². The van der Waals surface area contributed by atoms with E-state index in [0.29, 0.717) is 6.10 Å². The van der Waals surface area contributed by atoms with Crippen molar-refractivity contribution in [2.24, 2.45) is 0 Å². The fourth-order valence-corrected chi connectivity index (χ4v) is 7.93. The summed E-state index contributed by atoms with van der Waals surface area (Å²) in [5.74, 6) is 0. The van der Waals surface area contributed by atoms with Gasteiger partial charge < -0.3 is 18.3 Å². The molecule has 23 heavy (non-hydrogen) atoms. The van der Waals surface area contributed by atoms with Crippen LogP contribution < -0.4 is 0 Å². The van der Waals surface area contributed by atoms with Gasteiger partial charge in [-0.2, -0.15) is 0 Å². The fourth-order valence-electron chi connectivity index (χ4n) is 4.01. The number of methoxy groups -OCH3 is 1. The van der Waals surface area contributed by atoms with Gasteiger partial charge in [-0.25, -0.2) is 0 Å². The number of ether oxygens (including phenoxy) is 2. The van der Waals surface area contributed by atoms with E-state index >= 15 is 0 Å². The first-order valence-corrected chi connectivity index (χ1v) is 10.8. The molecule has 2 atom stereocenters. The van der Waals surface area contributed by atoms with Gasteiger partial charge in [0.1, 0.15) is 5.22 Å². The van der Waals surface area contributed by atoms with Crippen molar-refractivity contribution in [2.75, 3.05) is 47.6 Å². The third kappa shape index (κ3) is 4.44. The van der Waals surface area contributed by atoms with Gasteiger partial charge in [0, 0.05) is 34.4 Å². The van der Waals surface area contributed by atoms with Crippen LogP contribution in [0.15, 0.2) is 12.7 Å². The first-order valence-electron chi connectivity index (χ1n) is 8.75. The van der Waals surface area contributed by atoms with Gasteiger partial charge in [-0.3, -0.25) is 4.90 Å². The molecule has 134 valence electrons. The average Bonchev–Trinajstić information content (AvgIpc) is 3.39. The molecule has 0 bridgehead atoms. The Morgan fingerprint density at radius 1 is 1.30 bits per heavy atom. The number of nitrogens with zero attached hydrogens (tertiary/aromatic N) is 1. The maximum Gasteiger partial charge on any atom is 0.370 e. The van der Waals surface area contributed by atoms with Crippen LogP contribution in [-0.2, 0) is 18.3 Å². The Labute approximate surface area is 142 Å². The normalized spacial score (nSPS) is 29.7. The summed E-state index contributed by atoms with van der Waals surface area (Å²) in [4.78, 5) is 2.42. The van der Waals surface area contributed by atoms with Crippen LogP contribution in [-0.4, -0.2) is 72.4 Å². The Kier molecular flexibility index (Phi) is 7.25. The van der Waals surface area contributed by atoms with Crippen molar-refractivity contribution in [2.45, 2.75) is 49.5 Å². The third-order valence-electron chi connectivity index (χ3n) is 5.39. The zero-order chi connectivity index (χ0) is 16.8. The zero-order valence-corrected chi connectivity index (χ0v) is 16.0. The van der Waals surface area contributed by atoms with Crippen molar-refractivity contribution >= 4 is 8.56 Å². The minimum Gasteiger partial charge on any atom is -0.396 e. The highest BCUT2D eigenvalue weighted by molar-refractivity contribution is 6.70. The highest BCUT2D eigenvalue weighted by Crippen LogP contribution is 2.42. The molecular weight excluding hydrogens is 310 g/mol. The summed E-state index contributed by atoms with van der Waals surface area (Å²) in [5.41, 5.74) is 0. The van der Waals surface area contributed by atoms with Crippen molar-refractivity contribution in [1.82, 2.24) is 4.90 Å². The van der Waals surface area contributed by atoms with Gasteiger partial charge in [-0.1, -0.05) is 18.9 Å². The molecule has 0 saturated carbocycles. The van der Waals surface area contributed by atoms with E-state index in [1.54, 1.807) is 14.2 Å². The summed E-state index contributed by atoms with van der Waals surface area (Å²) in [6, 6.07) is 1.03. The van der Waals surface area contributed by atoms with E-state index in [4.69, 9.17) is 18.3 Å². The molecule has 2 aliphatic heterocycles. The van der Waals surface area contributed by atoms with Gasteiger partial charge in [0.05, 0.1) is 12.7 Å². The van der Waals surface area contributed by atoms with Crippen LogP contribution in [0.25, 0.3) is 0 Å². The summed E-state index contributed by atoms with van der Waals surface area (Å²) in [6.07, 6.45) is 7.89. The molecule has 0 aromatic heterocycles. The molecular formula is C17H33NO4Si. The molecule has 0 aliphatic carbocycles. The smallest absolute Gasteiger partial charge is 0.370 e. The van der Waals surface area contributed by atoms with E-state index in [2.05, 4.69) is 11.5 Å². The minimum atomic E-state index is -2.31. The lowest BCUT2D eigenvalue weighted by Crippen LogP contribution is -2.64. The van der Waals surface area contributed by atoms with Crippen LogP contribution in [0.1, 0.15) is 32.1 Å². The quantitative estimate of drug-likeness (QED) is 0.328. The molecule has 2 heterocycles. The van der Waals surface area contributed by atoms with E-state index in [-0.39, 0.29) is 5.22 Å². The van der Waals surface area contributed by atoms with Gasteiger partial charge in [0.25, 0.3) is 0 Å². The van der Waals surface area contributed by atoms with Gasteiger partial charge in [-0.05, 0) is 31.9 Å².